The van der Waals surface area contributed by atoms with Gasteiger partial charge in [-0.1, -0.05) is 20.3 Å². The van der Waals surface area contributed by atoms with Gasteiger partial charge in [-0.3, -0.25) is 0 Å². The van der Waals surface area contributed by atoms with Crippen LogP contribution in [0.2, 0.25) is 0 Å². The van der Waals surface area contributed by atoms with E-state index >= 15 is 0 Å². The lowest BCUT2D eigenvalue weighted by Gasteiger charge is -2.29. The summed E-state index contributed by atoms with van der Waals surface area (Å²) in [5.74, 6) is 0.910. The molecule has 2 unspecified atom stereocenters. The molecule has 2 atom stereocenters. The number of nitrogens with one attached hydrogen (secondary N) is 1. The number of nitrogens with two attached hydrogens (primary N) is 1. The number of hydrogen-bond acceptors (Lipinski definition) is 2. The third kappa shape index (κ3) is 2.68. The zero-order valence-corrected chi connectivity index (χ0v) is 9.10. The Morgan fingerprint density at radius 3 is 2.69 bits per heavy atom. The van der Waals surface area contributed by atoms with Crippen LogP contribution in [0.3, 0.4) is 0 Å². The molecule has 1 saturated carbocycles. The van der Waals surface area contributed by atoms with Crippen molar-refractivity contribution in [2.75, 3.05) is 13.1 Å². The summed E-state index contributed by atoms with van der Waals surface area (Å²) >= 11 is 0. The molecule has 0 heterocycles. The van der Waals surface area contributed by atoms with Crippen LogP contribution in [-0.4, -0.2) is 18.6 Å². The second kappa shape index (κ2) is 4.97. The summed E-state index contributed by atoms with van der Waals surface area (Å²) in [6, 6.07) is 0. The fourth-order valence-electron chi connectivity index (χ4n) is 2.39. The average molecular weight is 184 g/mol. The van der Waals surface area contributed by atoms with Crippen LogP contribution in [-0.2, 0) is 0 Å². The van der Waals surface area contributed by atoms with Crippen molar-refractivity contribution in [1.29, 1.82) is 0 Å². The van der Waals surface area contributed by atoms with Gasteiger partial charge in [0.1, 0.15) is 0 Å². The molecule has 0 aromatic carbocycles. The van der Waals surface area contributed by atoms with Gasteiger partial charge in [-0.25, -0.2) is 0 Å². The number of rotatable bonds is 5. The first-order valence-corrected chi connectivity index (χ1v) is 5.71. The average Bonchev–Trinajstić information content (AvgIpc) is 2.59. The predicted molar refractivity (Wildman–Crippen MR) is 57.7 cm³/mol. The topological polar surface area (TPSA) is 38.0 Å². The summed E-state index contributed by atoms with van der Waals surface area (Å²) < 4.78 is 0. The third-order valence-electron chi connectivity index (χ3n) is 3.43. The van der Waals surface area contributed by atoms with Crippen molar-refractivity contribution in [2.24, 2.45) is 11.7 Å². The highest BCUT2D eigenvalue weighted by molar-refractivity contribution is 4.96. The minimum atomic E-state index is 0.288. The van der Waals surface area contributed by atoms with Crippen molar-refractivity contribution < 1.29 is 0 Å². The summed E-state index contributed by atoms with van der Waals surface area (Å²) in [5, 5.41) is 3.63. The molecule has 0 aromatic heterocycles. The third-order valence-corrected chi connectivity index (χ3v) is 3.43. The molecule has 13 heavy (non-hydrogen) atoms. The molecule has 0 radical (unpaired) electrons. The molecule has 0 saturated heterocycles. The quantitative estimate of drug-likeness (QED) is 0.685. The summed E-state index contributed by atoms with van der Waals surface area (Å²) in [6.45, 7) is 6.43. The van der Waals surface area contributed by atoms with E-state index in [9.17, 15) is 0 Å². The Labute approximate surface area is 82.3 Å². The van der Waals surface area contributed by atoms with E-state index in [1.165, 1.54) is 32.1 Å². The van der Waals surface area contributed by atoms with Crippen LogP contribution in [0.4, 0.5) is 0 Å². The van der Waals surface area contributed by atoms with Gasteiger partial charge in [-0.15, -0.1) is 0 Å². The summed E-state index contributed by atoms with van der Waals surface area (Å²) in [5.41, 5.74) is 6.15. The molecule has 78 valence electrons. The Hall–Kier alpha value is -0.0800. The van der Waals surface area contributed by atoms with Crippen LogP contribution in [0.1, 0.15) is 46.0 Å². The molecular formula is C11H24N2. The van der Waals surface area contributed by atoms with Crippen molar-refractivity contribution in [3.8, 4) is 0 Å². The largest absolute Gasteiger partial charge is 0.329 e. The highest BCUT2D eigenvalue weighted by Gasteiger charge is 2.36. The molecule has 1 fully saturated rings. The fourth-order valence-corrected chi connectivity index (χ4v) is 2.39. The van der Waals surface area contributed by atoms with Gasteiger partial charge in [0.2, 0.25) is 0 Å². The Morgan fingerprint density at radius 1 is 1.46 bits per heavy atom. The molecule has 1 rings (SSSR count). The fraction of sp³-hybridized carbons (Fsp3) is 1.00. The van der Waals surface area contributed by atoms with Gasteiger partial charge in [0, 0.05) is 12.1 Å². The second-order valence-electron chi connectivity index (χ2n) is 4.43. The van der Waals surface area contributed by atoms with Crippen molar-refractivity contribution in [3.63, 3.8) is 0 Å². The van der Waals surface area contributed by atoms with Gasteiger partial charge in [0.05, 0.1) is 0 Å². The van der Waals surface area contributed by atoms with E-state index in [-0.39, 0.29) is 5.54 Å². The van der Waals surface area contributed by atoms with Crippen molar-refractivity contribution >= 4 is 0 Å². The van der Waals surface area contributed by atoms with Crippen molar-refractivity contribution in [3.05, 3.63) is 0 Å². The maximum atomic E-state index is 5.86. The Morgan fingerprint density at radius 2 is 2.23 bits per heavy atom. The SMILES string of the molecule is CCCNC1(CN)CCC(CC)C1. The first-order chi connectivity index (χ1) is 6.26. The molecule has 0 aliphatic heterocycles. The lowest BCUT2D eigenvalue weighted by atomic mass is 9.95. The Kier molecular flexibility index (Phi) is 4.20. The van der Waals surface area contributed by atoms with Gasteiger partial charge in [0.15, 0.2) is 0 Å². The van der Waals surface area contributed by atoms with Gasteiger partial charge in [0.25, 0.3) is 0 Å². The summed E-state index contributed by atoms with van der Waals surface area (Å²) in [7, 11) is 0. The van der Waals surface area contributed by atoms with Crippen LogP contribution < -0.4 is 11.1 Å². The van der Waals surface area contributed by atoms with Crippen molar-refractivity contribution in [1.82, 2.24) is 5.32 Å². The van der Waals surface area contributed by atoms with E-state index < -0.39 is 0 Å². The van der Waals surface area contributed by atoms with E-state index in [4.69, 9.17) is 5.73 Å². The molecular weight excluding hydrogens is 160 g/mol. The van der Waals surface area contributed by atoms with Crippen LogP contribution in [0.5, 0.6) is 0 Å². The van der Waals surface area contributed by atoms with E-state index in [0.717, 1.165) is 19.0 Å². The molecule has 1 aliphatic rings. The van der Waals surface area contributed by atoms with Gasteiger partial charge >= 0.3 is 0 Å². The van der Waals surface area contributed by atoms with Gasteiger partial charge < -0.3 is 11.1 Å². The molecule has 0 spiro atoms. The highest BCUT2D eigenvalue weighted by atomic mass is 15.0. The highest BCUT2D eigenvalue weighted by Crippen LogP contribution is 2.35. The van der Waals surface area contributed by atoms with Crippen LogP contribution in [0.25, 0.3) is 0 Å². The lowest BCUT2D eigenvalue weighted by molar-refractivity contribution is 0.326. The maximum Gasteiger partial charge on any atom is 0.0306 e. The minimum absolute atomic E-state index is 0.288. The van der Waals surface area contributed by atoms with Crippen LogP contribution in [0, 0.1) is 5.92 Å². The van der Waals surface area contributed by atoms with E-state index in [0.29, 0.717) is 0 Å². The predicted octanol–water partition coefficient (Wildman–Crippen LogP) is 1.89. The first kappa shape index (κ1) is 11.0. The maximum absolute atomic E-state index is 5.86. The van der Waals surface area contributed by atoms with Crippen LogP contribution in [0.15, 0.2) is 0 Å². The monoisotopic (exact) mass is 184 g/mol. The van der Waals surface area contributed by atoms with Gasteiger partial charge in [-0.2, -0.15) is 0 Å². The Balaban J connectivity index is 2.42. The Bertz CT molecular complexity index is 147. The molecule has 1 aliphatic carbocycles. The smallest absolute Gasteiger partial charge is 0.0306 e. The zero-order chi connectivity index (χ0) is 9.73. The minimum Gasteiger partial charge on any atom is -0.329 e. The van der Waals surface area contributed by atoms with E-state index in [2.05, 4.69) is 19.2 Å². The standard InChI is InChI=1S/C11H24N2/c1-3-7-13-11(9-12)6-5-10(4-2)8-11/h10,13H,3-9,12H2,1-2H3. The summed E-state index contributed by atoms with van der Waals surface area (Å²) in [4.78, 5) is 0. The zero-order valence-electron chi connectivity index (χ0n) is 9.10. The number of hydrogen-bond donors (Lipinski definition) is 2. The lowest BCUT2D eigenvalue weighted by Crippen LogP contribution is -2.49. The molecule has 3 N–H and O–H groups in total. The van der Waals surface area contributed by atoms with Crippen LogP contribution >= 0.6 is 0 Å². The normalized spacial score (nSPS) is 33.9. The second-order valence-corrected chi connectivity index (χ2v) is 4.43. The summed E-state index contributed by atoms with van der Waals surface area (Å²) in [6.07, 6.45) is 6.46. The van der Waals surface area contributed by atoms with Crippen molar-refractivity contribution in [2.45, 2.75) is 51.5 Å². The molecule has 0 bridgehead atoms. The molecule has 0 aromatic rings. The van der Waals surface area contributed by atoms with E-state index in [1.54, 1.807) is 0 Å². The van der Waals surface area contributed by atoms with Gasteiger partial charge in [-0.05, 0) is 38.1 Å². The molecule has 2 nitrogen and oxygen atoms in total. The van der Waals surface area contributed by atoms with E-state index in [1.807, 2.05) is 0 Å². The molecule has 2 heteroatoms. The first-order valence-electron chi connectivity index (χ1n) is 5.71. The molecule has 0 amide bonds.